The maximum Gasteiger partial charge on any atom is 0.191 e. The first kappa shape index (κ1) is 23.8. The number of aliphatic imine (C=N–C) groups is 1. The second kappa shape index (κ2) is 11.7. The molecular formula is C24H47N5O. The van der Waals surface area contributed by atoms with Gasteiger partial charge in [0.05, 0.1) is 0 Å². The summed E-state index contributed by atoms with van der Waals surface area (Å²) in [5, 5.41) is 7.32. The summed E-state index contributed by atoms with van der Waals surface area (Å²) in [6, 6.07) is 0. The number of likely N-dealkylation sites (tertiary alicyclic amines) is 2. The molecule has 0 radical (unpaired) electrons. The second-order valence-corrected chi connectivity index (χ2v) is 10.1. The summed E-state index contributed by atoms with van der Waals surface area (Å²) in [5.74, 6) is 1.01. The molecule has 2 aliphatic heterocycles. The number of rotatable bonds is 9. The molecule has 0 unspecified atom stereocenters. The lowest BCUT2D eigenvalue weighted by molar-refractivity contribution is 0.0173. The van der Waals surface area contributed by atoms with Gasteiger partial charge >= 0.3 is 0 Å². The molecule has 174 valence electrons. The highest BCUT2D eigenvalue weighted by Crippen LogP contribution is 2.41. The maximum absolute atomic E-state index is 5.41. The van der Waals surface area contributed by atoms with Crippen LogP contribution in [-0.2, 0) is 4.74 Å². The average Bonchev–Trinajstić information content (AvgIpc) is 3.25. The SMILES string of the molecule is CCNC(=NCC1(CCOC)CCCC1)NCC1(N2CCCCC2)CCN(C)CC1. The average molecular weight is 422 g/mol. The summed E-state index contributed by atoms with van der Waals surface area (Å²) in [6.45, 7) is 10.8. The first-order valence-electron chi connectivity index (χ1n) is 12.6. The molecule has 0 aromatic carbocycles. The molecule has 30 heavy (non-hydrogen) atoms. The van der Waals surface area contributed by atoms with Crippen molar-refractivity contribution in [1.29, 1.82) is 0 Å². The molecule has 0 spiro atoms. The van der Waals surface area contributed by atoms with Crippen molar-refractivity contribution in [3.63, 3.8) is 0 Å². The monoisotopic (exact) mass is 421 g/mol. The van der Waals surface area contributed by atoms with E-state index in [1.165, 1.54) is 84.0 Å². The molecule has 6 nitrogen and oxygen atoms in total. The minimum absolute atomic E-state index is 0.282. The Hall–Kier alpha value is -0.850. The standard InChI is InChI=1S/C24H47N5O/c1-4-25-22(26-20-23(14-19-30-3)10-6-7-11-23)27-21-24(12-17-28(2)18-13-24)29-15-8-5-9-16-29/h4-21H2,1-3H3,(H2,25,26,27). The topological polar surface area (TPSA) is 52.1 Å². The molecule has 3 aliphatic rings. The first-order valence-corrected chi connectivity index (χ1v) is 12.6. The fourth-order valence-electron chi connectivity index (χ4n) is 5.78. The number of nitrogens with one attached hydrogen (secondary N) is 2. The fraction of sp³-hybridized carbons (Fsp3) is 0.958. The summed E-state index contributed by atoms with van der Waals surface area (Å²) in [5.41, 5.74) is 0.626. The molecule has 2 heterocycles. The highest BCUT2D eigenvalue weighted by atomic mass is 16.5. The van der Waals surface area contributed by atoms with E-state index in [4.69, 9.17) is 9.73 Å². The van der Waals surface area contributed by atoms with E-state index in [1.54, 1.807) is 0 Å². The maximum atomic E-state index is 5.41. The van der Waals surface area contributed by atoms with E-state index in [-0.39, 0.29) is 5.54 Å². The largest absolute Gasteiger partial charge is 0.385 e. The van der Waals surface area contributed by atoms with Crippen molar-refractivity contribution in [2.75, 3.05) is 66.6 Å². The van der Waals surface area contributed by atoms with Crippen molar-refractivity contribution < 1.29 is 4.74 Å². The first-order chi connectivity index (χ1) is 14.6. The highest BCUT2D eigenvalue weighted by molar-refractivity contribution is 5.79. The zero-order valence-corrected chi connectivity index (χ0v) is 20.0. The second-order valence-electron chi connectivity index (χ2n) is 10.1. The Bertz CT molecular complexity index is 518. The van der Waals surface area contributed by atoms with Crippen LogP contribution in [0, 0.1) is 5.41 Å². The van der Waals surface area contributed by atoms with Gasteiger partial charge in [0.2, 0.25) is 0 Å². The Morgan fingerprint density at radius 2 is 1.63 bits per heavy atom. The Morgan fingerprint density at radius 1 is 0.933 bits per heavy atom. The van der Waals surface area contributed by atoms with E-state index in [1.807, 2.05) is 7.11 Å². The lowest BCUT2D eigenvalue weighted by Crippen LogP contribution is -2.62. The Morgan fingerprint density at radius 3 is 2.27 bits per heavy atom. The molecule has 3 rings (SSSR count). The fourth-order valence-corrected chi connectivity index (χ4v) is 5.78. The number of ether oxygens (including phenoxy) is 1. The van der Waals surface area contributed by atoms with Gasteiger partial charge in [-0.2, -0.15) is 0 Å². The zero-order valence-electron chi connectivity index (χ0n) is 20.0. The van der Waals surface area contributed by atoms with Crippen LogP contribution in [0.25, 0.3) is 0 Å². The molecule has 1 saturated carbocycles. The van der Waals surface area contributed by atoms with Crippen molar-refractivity contribution in [2.24, 2.45) is 10.4 Å². The van der Waals surface area contributed by atoms with E-state index < -0.39 is 0 Å². The molecule has 3 fully saturated rings. The normalized spacial score (nSPS) is 25.4. The molecule has 2 N–H and O–H groups in total. The Kier molecular flexibility index (Phi) is 9.27. The molecule has 2 saturated heterocycles. The van der Waals surface area contributed by atoms with Crippen LogP contribution in [0.1, 0.15) is 71.1 Å². The van der Waals surface area contributed by atoms with Gasteiger partial charge in [-0.05, 0) is 90.5 Å². The predicted octanol–water partition coefficient (Wildman–Crippen LogP) is 3.09. The van der Waals surface area contributed by atoms with Crippen molar-refractivity contribution >= 4 is 5.96 Å². The van der Waals surface area contributed by atoms with Crippen LogP contribution in [0.3, 0.4) is 0 Å². The molecule has 0 bridgehead atoms. The summed E-state index contributed by atoms with van der Waals surface area (Å²) in [7, 11) is 4.08. The lowest BCUT2D eigenvalue weighted by Gasteiger charge is -2.50. The van der Waals surface area contributed by atoms with Gasteiger partial charge in [-0.25, -0.2) is 0 Å². The number of piperidine rings is 2. The van der Waals surface area contributed by atoms with E-state index >= 15 is 0 Å². The number of nitrogens with zero attached hydrogens (tertiary/aromatic N) is 3. The van der Waals surface area contributed by atoms with Gasteiger partial charge in [-0.15, -0.1) is 0 Å². The molecular weight excluding hydrogens is 374 g/mol. The van der Waals surface area contributed by atoms with Crippen LogP contribution in [0.4, 0.5) is 0 Å². The quantitative estimate of drug-likeness (QED) is 0.443. The molecule has 0 aromatic heterocycles. The van der Waals surface area contributed by atoms with E-state index in [9.17, 15) is 0 Å². The van der Waals surface area contributed by atoms with Gasteiger partial charge in [0, 0.05) is 38.9 Å². The van der Waals surface area contributed by atoms with Gasteiger partial charge in [0.15, 0.2) is 5.96 Å². The van der Waals surface area contributed by atoms with Crippen LogP contribution in [0.5, 0.6) is 0 Å². The summed E-state index contributed by atoms with van der Waals surface area (Å²) in [6.07, 6.45) is 13.0. The third kappa shape index (κ3) is 6.33. The number of methoxy groups -OCH3 is 1. The summed E-state index contributed by atoms with van der Waals surface area (Å²) in [4.78, 5) is 10.4. The third-order valence-electron chi connectivity index (χ3n) is 7.95. The van der Waals surface area contributed by atoms with Crippen LogP contribution in [0.2, 0.25) is 0 Å². The summed E-state index contributed by atoms with van der Waals surface area (Å²) < 4.78 is 5.41. The number of hydrogen-bond donors (Lipinski definition) is 2. The van der Waals surface area contributed by atoms with Crippen molar-refractivity contribution in [1.82, 2.24) is 20.4 Å². The van der Waals surface area contributed by atoms with Gasteiger partial charge in [0.1, 0.15) is 0 Å². The van der Waals surface area contributed by atoms with Crippen molar-refractivity contribution in [2.45, 2.75) is 76.7 Å². The van der Waals surface area contributed by atoms with Gasteiger partial charge in [-0.3, -0.25) is 9.89 Å². The third-order valence-corrected chi connectivity index (χ3v) is 7.95. The Balaban J connectivity index is 1.65. The number of hydrogen-bond acceptors (Lipinski definition) is 4. The minimum Gasteiger partial charge on any atom is -0.385 e. The van der Waals surface area contributed by atoms with Crippen molar-refractivity contribution in [3.8, 4) is 0 Å². The van der Waals surface area contributed by atoms with Crippen molar-refractivity contribution in [3.05, 3.63) is 0 Å². The lowest BCUT2D eigenvalue weighted by atomic mass is 9.83. The molecule has 0 aromatic rings. The number of guanidine groups is 1. The Labute approximate surface area is 185 Å². The molecule has 0 amide bonds. The van der Waals surface area contributed by atoms with E-state index in [0.29, 0.717) is 5.41 Å². The van der Waals surface area contributed by atoms with Gasteiger partial charge < -0.3 is 20.3 Å². The van der Waals surface area contributed by atoms with E-state index in [2.05, 4.69) is 34.4 Å². The van der Waals surface area contributed by atoms with Gasteiger partial charge in [0.25, 0.3) is 0 Å². The smallest absolute Gasteiger partial charge is 0.191 e. The predicted molar refractivity (Wildman–Crippen MR) is 126 cm³/mol. The van der Waals surface area contributed by atoms with Crippen LogP contribution >= 0.6 is 0 Å². The highest BCUT2D eigenvalue weighted by Gasteiger charge is 2.40. The summed E-state index contributed by atoms with van der Waals surface area (Å²) >= 11 is 0. The van der Waals surface area contributed by atoms with Crippen LogP contribution in [-0.4, -0.2) is 87.9 Å². The zero-order chi connectivity index (χ0) is 21.3. The molecule has 6 heteroatoms. The van der Waals surface area contributed by atoms with Crippen LogP contribution < -0.4 is 10.6 Å². The molecule has 0 atom stereocenters. The molecule has 1 aliphatic carbocycles. The minimum atomic E-state index is 0.282. The van der Waals surface area contributed by atoms with Crippen LogP contribution in [0.15, 0.2) is 4.99 Å². The van der Waals surface area contributed by atoms with Gasteiger partial charge in [-0.1, -0.05) is 19.3 Å². The van der Waals surface area contributed by atoms with E-state index in [0.717, 1.165) is 38.6 Å².